The van der Waals surface area contributed by atoms with E-state index in [9.17, 15) is 20.2 Å². The van der Waals surface area contributed by atoms with Crippen LogP contribution in [-0.4, -0.2) is 9.85 Å². The van der Waals surface area contributed by atoms with Crippen LogP contribution in [0.1, 0.15) is 19.3 Å². The Morgan fingerprint density at radius 3 is 2.50 bits per heavy atom. The van der Waals surface area contributed by atoms with Crippen molar-refractivity contribution in [2.75, 3.05) is 0 Å². The van der Waals surface area contributed by atoms with E-state index in [2.05, 4.69) is 6.08 Å². The summed E-state index contributed by atoms with van der Waals surface area (Å²) in [6.45, 7) is 0. The molecule has 1 aromatic rings. The second-order valence-corrected chi connectivity index (χ2v) is 6.22. The van der Waals surface area contributed by atoms with Crippen molar-refractivity contribution in [2.24, 2.45) is 11.8 Å². The van der Waals surface area contributed by atoms with Crippen LogP contribution in [0.2, 0.25) is 0 Å². The van der Waals surface area contributed by atoms with Crippen molar-refractivity contribution in [3.63, 3.8) is 0 Å². The zero-order valence-corrected chi connectivity index (χ0v) is 11.3. The van der Waals surface area contributed by atoms with E-state index in [0.29, 0.717) is 16.7 Å². The third-order valence-corrected chi connectivity index (χ3v) is 5.12. The highest BCUT2D eigenvalue weighted by molar-refractivity contribution is 8.03. The van der Waals surface area contributed by atoms with Gasteiger partial charge in [-0.25, -0.2) is 0 Å². The number of allylic oxidation sites excluding steroid dienone is 2. The van der Waals surface area contributed by atoms with Gasteiger partial charge >= 0.3 is 0 Å². The average Bonchev–Trinajstić information content (AvgIpc) is 3.01. The molecule has 20 heavy (non-hydrogen) atoms. The predicted octanol–water partition coefficient (Wildman–Crippen LogP) is 3.91. The highest BCUT2D eigenvalue weighted by atomic mass is 32.2. The first-order valence-corrected chi connectivity index (χ1v) is 7.18. The van der Waals surface area contributed by atoms with Crippen molar-refractivity contribution in [1.29, 1.82) is 0 Å². The number of benzene rings is 1. The zero-order valence-electron chi connectivity index (χ0n) is 10.5. The second kappa shape index (κ2) is 4.90. The maximum Gasteiger partial charge on any atom is 0.290 e. The number of nitro groups is 2. The lowest BCUT2D eigenvalue weighted by atomic mass is 10.1. The van der Waals surface area contributed by atoms with Gasteiger partial charge < -0.3 is 0 Å². The summed E-state index contributed by atoms with van der Waals surface area (Å²) in [5.41, 5.74) is -0.434. The molecule has 1 fully saturated rings. The van der Waals surface area contributed by atoms with Crippen molar-refractivity contribution < 1.29 is 9.85 Å². The van der Waals surface area contributed by atoms with E-state index in [4.69, 9.17) is 0 Å². The van der Waals surface area contributed by atoms with Gasteiger partial charge in [0.05, 0.1) is 20.8 Å². The number of nitro benzene ring substituents is 2. The molecule has 2 bridgehead atoms. The Morgan fingerprint density at radius 1 is 1.15 bits per heavy atom. The number of hydrogen-bond acceptors (Lipinski definition) is 5. The number of hydrogen-bond donors (Lipinski definition) is 0. The number of non-ortho nitro benzene ring substituents is 1. The Hall–Kier alpha value is -1.89. The first-order valence-electron chi connectivity index (χ1n) is 6.37. The molecule has 0 radical (unpaired) electrons. The fourth-order valence-corrected chi connectivity index (χ4v) is 4.16. The van der Waals surface area contributed by atoms with Gasteiger partial charge in [0, 0.05) is 6.07 Å². The summed E-state index contributed by atoms with van der Waals surface area (Å²) in [4.78, 5) is 22.3. The van der Waals surface area contributed by atoms with E-state index in [1.807, 2.05) is 0 Å². The van der Waals surface area contributed by atoms with Crippen LogP contribution in [0.5, 0.6) is 0 Å². The SMILES string of the molecule is O=[N+]([O-])c1ccc(SC2=CC3CCC2C3)c([N+](=O)[O-])c1. The molecule has 2 unspecified atom stereocenters. The Morgan fingerprint density at radius 2 is 1.95 bits per heavy atom. The summed E-state index contributed by atoms with van der Waals surface area (Å²) >= 11 is 1.39. The Labute approximate surface area is 119 Å². The van der Waals surface area contributed by atoms with Gasteiger partial charge in [0.15, 0.2) is 0 Å². The minimum absolute atomic E-state index is 0.187. The Bertz CT molecular complexity index is 629. The smallest absolute Gasteiger partial charge is 0.258 e. The molecular formula is C13H12N2O4S. The van der Waals surface area contributed by atoms with Gasteiger partial charge in [-0.05, 0) is 42.1 Å². The molecule has 0 aliphatic heterocycles. The topological polar surface area (TPSA) is 86.3 Å². The molecule has 2 aliphatic carbocycles. The van der Waals surface area contributed by atoms with Crippen LogP contribution in [0.25, 0.3) is 0 Å². The van der Waals surface area contributed by atoms with Crippen LogP contribution in [0.4, 0.5) is 11.4 Å². The summed E-state index contributed by atoms with van der Waals surface area (Å²) in [6, 6.07) is 3.84. The van der Waals surface area contributed by atoms with Crippen LogP contribution in [0.15, 0.2) is 34.1 Å². The quantitative estimate of drug-likeness (QED) is 0.620. The van der Waals surface area contributed by atoms with Gasteiger partial charge in [-0.1, -0.05) is 17.8 Å². The molecule has 0 aromatic heterocycles. The van der Waals surface area contributed by atoms with Crippen LogP contribution in [-0.2, 0) is 0 Å². The zero-order chi connectivity index (χ0) is 14.3. The van der Waals surface area contributed by atoms with Gasteiger partial charge in [-0.3, -0.25) is 20.2 Å². The lowest BCUT2D eigenvalue weighted by Gasteiger charge is -2.12. The van der Waals surface area contributed by atoms with Crippen molar-refractivity contribution in [1.82, 2.24) is 0 Å². The lowest BCUT2D eigenvalue weighted by Crippen LogP contribution is -1.97. The average molecular weight is 292 g/mol. The molecule has 0 spiro atoms. The van der Waals surface area contributed by atoms with Crippen molar-refractivity contribution in [3.05, 3.63) is 49.4 Å². The molecule has 2 atom stereocenters. The molecule has 2 aliphatic rings. The van der Waals surface area contributed by atoms with Gasteiger partial charge in [0.2, 0.25) is 0 Å². The lowest BCUT2D eigenvalue weighted by molar-refractivity contribution is -0.396. The summed E-state index contributed by atoms with van der Waals surface area (Å²) in [7, 11) is 0. The van der Waals surface area contributed by atoms with Crippen LogP contribution >= 0.6 is 11.8 Å². The number of nitrogens with zero attached hydrogens (tertiary/aromatic N) is 2. The molecule has 0 saturated heterocycles. The van der Waals surface area contributed by atoms with E-state index in [1.165, 1.54) is 35.2 Å². The highest BCUT2D eigenvalue weighted by Gasteiger charge is 2.34. The second-order valence-electron chi connectivity index (χ2n) is 5.11. The van der Waals surface area contributed by atoms with Gasteiger partial charge in [0.25, 0.3) is 11.4 Å². The Balaban J connectivity index is 1.91. The van der Waals surface area contributed by atoms with E-state index < -0.39 is 9.85 Å². The minimum atomic E-state index is -0.613. The molecule has 104 valence electrons. The van der Waals surface area contributed by atoms with E-state index >= 15 is 0 Å². The molecule has 3 rings (SSSR count). The molecule has 6 nitrogen and oxygen atoms in total. The van der Waals surface area contributed by atoms with E-state index in [1.54, 1.807) is 0 Å². The first-order chi connectivity index (χ1) is 9.54. The number of rotatable bonds is 4. The Kier molecular flexibility index (Phi) is 3.21. The molecule has 0 N–H and O–H groups in total. The maximum atomic E-state index is 11.1. The van der Waals surface area contributed by atoms with Crippen molar-refractivity contribution >= 4 is 23.1 Å². The van der Waals surface area contributed by atoms with Crippen LogP contribution in [0.3, 0.4) is 0 Å². The molecule has 7 heteroatoms. The monoisotopic (exact) mass is 292 g/mol. The molecule has 0 amide bonds. The summed E-state index contributed by atoms with van der Waals surface area (Å²) in [5, 5.41) is 21.8. The fourth-order valence-electron chi connectivity index (χ4n) is 2.89. The minimum Gasteiger partial charge on any atom is -0.258 e. The third kappa shape index (κ3) is 2.29. The van der Waals surface area contributed by atoms with Crippen molar-refractivity contribution in [2.45, 2.75) is 24.2 Å². The van der Waals surface area contributed by atoms with Gasteiger partial charge in [0.1, 0.15) is 0 Å². The normalized spacial score (nSPS) is 23.7. The highest BCUT2D eigenvalue weighted by Crippen LogP contribution is 2.51. The summed E-state index contributed by atoms with van der Waals surface area (Å²) in [6.07, 6.45) is 5.69. The van der Waals surface area contributed by atoms with Gasteiger partial charge in [-0.15, -0.1) is 0 Å². The summed E-state index contributed by atoms with van der Waals surface area (Å²) < 4.78 is 0. The fraction of sp³-hybridized carbons (Fsp3) is 0.385. The number of thioether (sulfide) groups is 1. The predicted molar refractivity (Wildman–Crippen MR) is 74.5 cm³/mol. The molecule has 1 aromatic carbocycles. The van der Waals surface area contributed by atoms with E-state index in [-0.39, 0.29) is 11.4 Å². The largest absolute Gasteiger partial charge is 0.290 e. The molecule has 1 saturated carbocycles. The molecular weight excluding hydrogens is 280 g/mol. The van der Waals surface area contributed by atoms with Crippen LogP contribution < -0.4 is 0 Å². The van der Waals surface area contributed by atoms with Crippen LogP contribution in [0, 0.1) is 32.1 Å². The molecule has 0 heterocycles. The number of fused-ring (bicyclic) bond motifs is 2. The standard InChI is InChI=1S/C13H12N2O4S/c16-14(17)10-3-4-12(11(7-10)15(18)19)20-13-6-8-1-2-9(13)5-8/h3-4,6-9H,1-2,5H2. The third-order valence-electron chi connectivity index (χ3n) is 3.85. The van der Waals surface area contributed by atoms with Gasteiger partial charge in [-0.2, -0.15) is 0 Å². The summed E-state index contributed by atoms with van der Waals surface area (Å²) in [5.74, 6) is 1.12. The van der Waals surface area contributed by atoms with Crippen molar-refractivity contribution in [3.8, 4) is 0 Å². The first kappa shape index (κ1) is 13.1. The van der Waals surface area contributed by atoms with E-state index in [0.717, 1.165) is 18.9 Å². The maximum absolute atomic E-state index is 11.1.